The lowest BCUT2D eigenvalue weighted by atomic mass is 9.83. The molecule has 0 spiro atoms. The Morgan fingerprint density at radius 3 is 2.00 bits per heavy atom. The maximum atomic E-state index is 3.66. The zero-order valence-electron chi connectivity index (χ0n) is 14.2. The second-order valence-corrected chi connectivity index (χ2v) is 6.75. The average molecular weight is 275 g/mol. The van der Waals surface area contributed by atoms with E-state index in [9.17, 15) is 0 Å². The minimum absolute atomic E-state index is 0.583. The maximum Gasteiger partial charge on any atom is 0.00726 e. The van der Waals surface area contributed by atoms with E-state index in [1.54, 1.807) is 0 Å². The Hall–Kier alpha value is -0.820. The van der Waals surface area contributed by atoms with Gasteiger partial charge in [-0.3, -0.25) is 0 Å². The van der Waals surface area contributed by atoms with Crippen LogP contribution in [0.5, 0.6) is 0 Å². The summed E-state index contributed by atoms with van der Waals surface area (Å²) < 4.78 is 0. The topological polar surface area (TPSA) is 12.0 Å². The Bertz CT molecular complexity index is 364. The van der Waals surface area contributed by atoms with Crippen molar-refractivity contribution in [2.24, 2.45) is 11.8 Å². The van der Waals surface area contributed by atoms with Crippen LogP contribution < -0.4 is 5.32 Å². The highest BCUT2D eigenvalue weighted by Gasteiger charge is 2.20. The Kier molecular flexibility index (Phi) is 7.29. The van der Waals surface area contributed by atoms with Crippen LogP contribution in [0, 0.1) is 11.8 Å². The summed E-state index contributed by atoms with van der Waals surface area (Å²) in [5, 5.41) is 3.66. The summed E-state index contributed by atoms with van der Waals surface area (Å²) in [5.41, 5.74) is 2.91. The van der Waals surface area contributed by atoms with Crippen molar-refractivity contribution in [2.45, 2.75) is 66.3 Å². The van der Waals surface area contributed by atoms with Gasteiger partial charge in [0.15, 0.2) is 0 Å². The number of benzene rings is 1. The van der Waals surface area contributed by atoms with Gasteiger partial charge in [0.05, 0.1) is 0 Å². The first-order valence-electron chi connectivity index (χ1n) is 8.27. The van der Waals surface area contributed by atoms with Gasteiger partial charge in [-0.05, 0) is 55.2 Å². The van der Waals surface area contributed by atoms with E-state index < -0.39 is 0 Å². The van der Waals surface area contributed by atoms with Crippen LogP contribution in [0.3, 0.4) is 0 Å². The van der Waals surface area contributed by atoms with Crippen molar-refractivity contribution in [3.8, 4) is 0 Å². The molecular formula is C19H33N. The smallest absolute Gasteiger partial charge is 0.00726 e. The van der Waals surface area contributed by atoms with Crippen LogP contribution in [0.1, 0.15) is 65.0 Å². The fourth-order valence-electron chi connectivity index (χ4n) is 2.82. The molecule has 0 radical (unpaired) electrons. The van der Waals surface area contributed by atoms with Crippen molar-refractivity contribution in [1.29, 1.82) is 0 Å². The standard InChI is InChI=1S/C19H33N/c1-7-12-20-16(6)19(15(4)5)13-17-8-10-18(11-9-17)14(2)3/h8-11,14-16,19-20H,7,12-13H2,1-6H3. The monoisotopic (exact) mass is 275 g/mol. The first kappa shape index (κ1) is 17.2. The second-order valence-electron chi connectivity index (χ2n) is 6.75. The zero-order valence-corrected chi connectivity index (χ0v) is 14.2. The van der Waals surface area contributed by atoms with Crippen LogP contribution in [0.4, 0.5) is 0 Å². The van der Waals surface area contributed by atoms with Gasteiger partial charge in [0.25, 0.3) is 0 Å². The van der Waals surface area contributed by atoms with Gasteiger partial charge in [0, 0.05) is 6.04 Å². The third-order valence-corrected chi connectivity index (χ3v) is 4.33. The summed E-state index contributed by atoms with van der Waals surface area (Å²) in [4.78, 5) is 0. The lowest BCUT2D eigenvalue weighted by molar-refractivity contribution is 0.289. The van der Waals surface area contributed by atoms with Gasteiger partial charge in [-0.15, -0.1) is 0 Å². The lowest BCUT2D eigenvalue weighted by Crippen LogP contribution is -2.37. The van der Waals surface area contributed by atoms with Crippen LogP contribution in [0.2, 0.25) is 0 Å². The van der Waals surface area contributed by atoms with Gasteiger partial charge in [-0.1, -0.05) is 58.9 Å². The zero-order chi connectivity index (χ0) is 15.1. The van der Waals surface area contributed by atoms with Crippen molar-refractivity contribution in [3.05, 3.63) is 35.4 Å². The number of rotatable bonds is 8. The van der Waals surface area contributed by atoms with Gasteiger partial charge >= 0.3 is 0 Å². The molecule has 0 fully saturated rings. The minimum Gasteiger partial charge on any atom is -0.314 e. The summed E-state index contributed by atoms with van der Waals surface area (Å²) in [6, 6.07) is 9.80. The highest BCUT2D eigenvalue weighted by atomic mass is 14.9. The number of hydrogen-bond acceptors (Lipinski definition) is 1. The molecule has 2 atom stereocenters. The van der Waals surface area contributed by atoms with E-state index in [0.717, 1.165) is 6.54 Å². The molecule has 0 heterocycles. The van der Waals surface area contributed by atoms with E-state index in [1.807, 2.05) is 0 Å². The maximum absolute atomic E-state index is 3.66. The summed E-state index contributed by atoms with van der Waals surface area (Å²) in [7, 11) is 0. The first-order valence-corrected chi connectivity index (χ1v) is 8.27. The molecule has 0 saturated carbocycles. The average Bonchev–Trinajstić information content (AvgIpc) is 2.42. The van der Waals surface area contributed by atoms with E-state index in [2.05, 4.69) is 71.1 Å². The SMILES string of the molecule is CCCNC(C)C(Cc1ccc(C(C)C)cc1)C(C)C. The van der Waals surface area contributed by atoms with Gasteiger partial charge < -0.3 is 5.32 Å². The number of nitrogens with one attached hydrogen (secondary N) is 1. The predicted octanol–water partition coefficient (Wildman–Crippen LogP) is 5.01. The molecule has 1 nitrogen and oxygen atoms in total. The molecule has 2 unspecified atom stereocenters. The molecule has 0 aliphatic heterocycles. The first-order chi connectivity index (χ1) is 9.45. The Morgan fingerprint density at radius 2 is 1.55 bits per heavy atom. The molecule has 1 N–H and O–H groups in total. The molecule has 20 heavy (non-hydrogen) atoms. The van der Waals surface area contributed by atoms with Crippen molar-refractivity contribution < 1.29 is 0 Å². The van der Waals surface area contributed by atoms with Crippen molar-refractivity contribution >= 4 is 0 Å². The largest absolute Gasteiger partial charge is 0.314 e. The van der Waals surface area contributed by atoms with Crippen LogP contribution in [0.25, 0.3) is 0 Å². The predicted molar refractivity (Wildman–Crippen MR) is 90.3 cm³/mol. The molecule has 1 aromatic carbocycles. The minimum atomic E-state index is 0.583. The van der Waals surface area contributed by atoms with Crippen LogP contribution in [-0.4, -0.2) is 12.6 Å². The molecule has 0 aliphatic carbocycles. The quantitative estimate of drug-likeness (QED) is 0.703. The fourth-order valence-corrected chi connectivity index (χ4v) is 2.82. The molecule has 1 rings (SSSR count). The summed E-state index contributed by atoms with van der Waals surface area (Å²) in [6.07, 6.45) is 2.38. The normalized spacial score (nSPS) is 14.8. The number of hydrogen-bond donors (Lipinski definition) is 1. The highest BCUT2D eigenvalue weighted by molar-refractivity contribution is 5.25. The Morgan fingerprint density at radius 1 is 0.950 bits per heavy atom. The van der Waals surface area contributed by atoms with Crippen LogP contribution in [-0.2, 0) is 6.42 Å². The molecule has 0 aromatic heterocycles. The van der Waals surface area contributed by atoms with Gasteiger partial charge in [-0.25, -0.2) is 0 Å². The van der Waals surface area contributed by atoms with Crippen molar-refractivity contribution in [3.63, 3.8) is 0 Å². The highest BCUT2D eigenvalue weighted by Crippen LogP contribution is 2.22. The molecule has 1 aromatic rings. The summed E-state index contributed by atoms with van der Waals surface area (Å²) in [5.74, 6) is 2.03. The Labute approximate surface area is 126 Å². The lowest BCUT2D eigenvalue weighted by Gasteiger charge is -2.28. The summed E-state index contributed by atoms with van der Waals surface area (Å²) in [6.45, 7) is 14.9. The molecule has 114 valence electrons. The molecular weight excluding hydrogens is 242 g/mol. The Balaban J connectivity index is 2.69. The molecule has 0 aliphatic rings. The van der Waals surface area contributed by atoms with Gasteiger partial charge in [-0.2, -0.15) is 0 Å². The van der Waals surface area contributed by atoms with E-state index in [-0.39, 0.29) is 0 Å². The van der Waals surface area contributed by atoms with Gasteiger partial charge in [0.1, 0.15) is 0 Å². The van der Waals surface area contributed by atoms with Crippen LogP contribution in [0.15, 0.2) is 24.3 Å². The third kappa shape index (κ3) is 5.28. The fraction of sp³-hybridized carbons (Fsp3) is 0.684. The van der Waals surface area contributed by atoms with E-state index in [1.165, 1.54) is 24.0 Å². The van der Waals surface area contributed by atoms with E-state index in [4.69, 9.17) is 0 Å². The molecule has 0 saturated heterocycles. The van der Waals surface area contributed by atoms with E-state index >= 15 is 0 Å². The van der Waals surface area contributed by atoms with Crippen molar-refractivity contribution in [1.82, 2.24) is 5.32 Å². The second kappa shape index (κ2) is 8.46. The van der Waals surface area contributed by atoms with Gasteiger partial charge in [0.2, 0.25) is 0 Å². The molecule has 1 heteroatoms. The van der Waals surface area contributed by atoms with Crippen LogP contribution >= 0.6 is 0 Å². The summed E-state index contributed by atoms with van der Waals surface area (Å²) >= 11 is 0. The molecule has 0 bridgehead atoms. The van der Waals surface area contributed by atoms with E-state index in [0.29, 0.717) is 23.8 Å². The van der Waals surface area contributed by atoms with Crippen molar-refractivity contribution in [2.75, 3.05) is 6.54 Å². The molecule has 0 amide bonds. The third-order valence-electron chi connectivity index (χ3n) is 4.33.